The first-order valence-electron chi connectivity index (χ1n) is 10.3. The molecule has 0 aliphatic rings. The smallest absolute Gasteiger partial charge is 0.355 e. The van der Waals surface area contributed by atoms with Crippen molar-refractivity contribution in [1.29, 1.82) is 0 Å². The number of pyridine rings is 2. The molecule has 9 heteroatoms. The number of para-hydroxylation sites is 1. The van der Waals surface area contributed by atoms with Gasteiger partial charge in [-0.15, -0.1) is 0 Å². The molecule has 0 fully saturated rings. The Hall–Kier alpha value is -4.53. The van der Waals surface area contributed by atoms with E-state index in [2.05, 4.69) is 20.4 Å². The predicted molar refractivity (Wildman–Crippen MR) is 120 cm³/mol. The van der Waals surface area contributed by atoms with Crippen molar-refractivity contribution in [3.8, 4) is 0 Å². The topological polar surface area (TPSA) is 117 Å². The maximum Gasteiger partial charge on any atom is 0.355 e. The van der Waals surface area contributed by atoms with Crippen LogP contribution < -0.4 is 5.43 Å². The highest BCUT2D eigenvalue weighted by atomic mass is 16.5. The molecule has 0 spiro atoms. The first-order chi connectivity index (χ1) is 16.1. The van der Waals surface area contributed by atoms with Gasteiger partial charge < -0.3 is 9.72 Å². The number of nitrogens with zero attached hydrogens (tertiary/aromatic N) is 3. The van der Waals surface area contributed by atoms with Crippen LogP contribution in [0.4, 0.5) is 0 Å². The SMILES string of the molecule is CCOC(=O)c1[nH]c2ccccc2c1CN(NC(=O)c1ccncc1)C(=O)c1ccncc1. The Balaban J connectivity index is 1.74. The Kier molecular flexibility index (Phi) is 6.40. The van der Waals surface area contributed by atoms with Gasteiger partial charge in [0.15, 0.2) is 0 Å². The minimum Gasteiger partial charge on any atom is -0.461 e. The fourth-order valence-corrected chi connectivity index (χ4v) is 3.40. The van der Waals surface area contributed by atoms with Gasteiger partial charge in [0.05, 0.1) is 13.2 Å². The number of aromatic amines is 1. The quantitative estimate of drug-likeness (QED) is 0.349. The van der Waals surface area contributed by atoms with E-state index in [1.54, 1.807) is 31.2 Å². The van der Waals surface area contributed by atoms with E-state index in [9.17, 15) is 14.4 Å². The number of H-pyrrole nitrogens is 1. The molecule has 1 aromatic carbocycles. The molecule has 0 unspecified atom stereocenters. The molecule has 3 aromatic heterocycles. The van der Waals surface area contributed by atoms with Gasteiger partial charge in [-0.05, 0) is 37.3 Å². The Labute approximate surface area is 189 Å². The van der Waals surface area contributed by atoms with Crippen LogP contribution in [0.1, 0.15) is 43.7 Å². The minimum absolute atomic E-state index is 0.0733. The van der Waals surface area contributed by atoms with Gasteiger partial charge >= 0.3 is 5.97 Å². The Morgan fingerprint density at radius 3 is 2.24 bits per heavy atom. The molecule has 0 aliphatic carbocycles. The van der Waals surface area contributed by atoms with E-state index in [0.29, 0.717) is 22.2 Å². The minimum atomic E-state index is -0.541. The van der Waals surface area contributed by atoms with Crippen LogP contribution in [0.3, 0.4) is 0 Å². The predicted octanol–water partition coefficient (Wildman–Crippen LogP) is 3.12. The normalized spacial score (nSPS) is 10.6. The molecule has 2 N–H and O–H groups in total. The molecule has 4 rings (SSSR count). The van der Waals surface area contributed by atoms with Gasteiger partial charge in [0.2, 0.25) is 0 Å². The molecule has 0 aliphatic heterocycles. The molecule has 4 aromatic rings. The maximum atomic E-state index is 13.3. The van der Waals surface area contributed by atoms with Gasteiger partial charge in [0, 0.05) is 52.4 Å². The summed E-state index contributed by atoms with van der Waals surface area (Å²) in [6.45, 7) is 1.84. The first kappa shape index (κ1) is 21.7. The van der Waals surface area contributed by atoms with Crippen LogP contribution in [0, 0.1) is 0 Å². The molecule has 0 saturated carbocycles. The number of carbonyl (C=O) groups excluding carboxylic acids is 3. The molecule has 0 bridgehead atoms. The molecule has 0 atom stereocenters. The summed E-state index contributed by atoms with van der Waals surface area (Å²) in [5, 5.41) is 1.92. The number of aromatic nitrogens is 3. The molecule has 3 heterocycles. The number of hydrogen-bond donors (Lipinski definition) is 2. The van der Waals surface area contributed by atoms with Crippen LogP contribution in [0.15, 0.2) is 73.3 Å². The second kappa shape index (κ2) is 9.73. The number of carbonyl (C=O) groups is 3. The van der Waals surface area contributed by atoms with Crippen molar-refractivity contribution < 1.29 is 19.1 Å². The van der Waals surface area contributed by atoms with Crippen molar-refractivity contribution in [3.63, 3.8) is 0 Å². The summed E-state index contributed by atoms with van der Waals surface area (Å²) in [4.78, 5) is 49.7. The van der Waals surface area contributed by atoms with Crippen LogP contribution in [0.2, 0.25) is 0 Å². The maximum absolute atomic E-state index is 13.3. The molecule has 0 saturated heterocycles. The number of benzene rings is 1. The lowest BCUT2D eigenvalue weighted by Crippen LogP contribution is -2.46. The summed E-state index contributed by atoms with van der Waals surface area (Å²) in [7, 11) is 0. The summed E-state index contributed by atoms with van der Waals surface area (Å²) in [6.07, 6.45) is 5.96. The number of hydrogen-bond acceptors (Lipinski definition) is 6. The van der Waals surface area contributed by atoms with Crippen LogP contribution >= 0.6 is 0 Å². The van der Waals surface area contributed by atoms with Gasteiger partial charge in [-0.2, -0.15) is 0 Å². The first-order valence-corrected chi connectivity index (χ1v) is 10.3. The Morgan fingerprint density at radius 2 is 1.58 bits per heavy atom. The Morgan fingerprint density at radius 1 is 0.939 bits per heavy atom. The lowest BCUT2D eigenvalue weighted by molar-refractivity contribution is 0.0508. The van der Waals surface area contributed by atoms with Crippen LogP contribution in [0.5, 0.6) is 0 Å². The fraction of sp³-hybridized carbons (Fsp3) is 0.125. The summed E-state index contributed by atoms with van der Waals surface area (Å²) in [5.74, 6) is -1.49. The number of amides is 2. The van der Waals surface area contributed by atoms with Gasteiger partial charge in [-0.25, -0.2) is 9.80 Å². The van der Waals surface area contributed by atoms with Gasteiger partial charge in [-0.3, -0.25) is 25.0 Å². The number of hydrazine groups is 1. The summed E-state index contributed by atoms with van der Waals surface area (Å²) in [5.41, 5.74) is 4.80. The van der Waals surface area contributed by atoms with Crippen LogP contribution in [0.25, 0.3) is 10.9 Å². The van der Waals surface area contributed by atoms with E-state index in [4.69, 9.17) is 4.74 Å². The van der Waals surface area contributed by atoms with E-state index in [1.165, 1.54) is 29.8 Å². The van der Waals surface area contributed by atoms with E-state index >= 15 is 0 Å². The average Bonchev–Trinajstić information content (AvgIpc) is 3.23. The number of nitrogens with one attached hydrogen (secondary N) is 2. The molecule has 0 radical (unpaired) electrons. The van der Waals surface area contributed by atoms with E-state index in [1.807, 2.05) is 24.3 Å². The number of fused-ring (bicyclic) bond motifs is 1. The molecule has 9 nitrogen and oxygen atoms in total. The van der Waals surface area contributed by atoms with Crippen molar-refractivity contribution in [2.45, 2.75) is 13.5 Å². The van der Waals surface area contributed by atoms with Gasteiger partial charge in [0.25, 0.3) is 11.8 Å². The summed E-state index contributed by atoms with van der Waals surface area (Å²) in [6, 6.07) is 13.5. The number of rotatable bonds is 6. The van der Waals surface area contributed by atoms with Gasteiger partial charge in [0.1, 0.15) is 5.69 Å². The highest BCUT2D eigenvalue weighted by Crippen LogP contribution is 2.25. The second-order valence-corrected chi connectivity index (χ2v) is 7.05. The zero-order valence-corrected chi connectivity index (χ0v) is 17.8. The third-order valence-corrected chi connectivity index (χ3v) is 4.96. The van der Waals surface area contributed by atoms with E-state index in [0.717, 1.165) is 5.39 Å². The van der Waals surface area contributed by atoms with E-state index in [-0.39, 0.29) is 18.8 Å². The van der Waals surface area contributed by atoms with Crippen molar-refractivity contribution >= 4 is 28.7 Å². The molecule has 33 heavy (non-hydrogen) atoms. The average molecular weight is 443 g/mol. The second-order valence-electron chi connectivity index (χ2n) is 7.05. The number of ether oxygens (including phenoxy) is 1. The largest absolute Gasteiger partial charge is 0.461 e. The highest BCUT2D eigenvalue weighted by molar-refractivity contribution is 6.01. The van der Waals surface area contributed by atoms with Gasteiger partial charge in [-0.1, -0.05) is 18.2 Å². The molecule has 2 amide bonds. The zero-order chi connectivity index (χ0) is 23.2. The standard InChI is InChI=1S/C24H21N5O4/c1-2-33-24(32)21-19(18-5-3-4-6-20(18)27-21)15-29(23(31)17-9-13-26-14-10-17)28-22(30)16-7-11-25-12-8-16/h3-14,27H,2,15H2,1H3,(H,28,30). The van der Waals surface area contributed by atoms with E-state index < -0.39 is 17.8 Å². The monoisotopic (exact) mass is 443 g/mol. The van der Waals surface area contributed by atoms with Crippen molar-refractivity contribution in [2.24, 2.45) is 0 Å². The van der Waals surface area contributed by atoms with Crippen LogP contribution in [-0.4, -0.2) is 44.4 Å². The van der Waals surface area contributed by atoms with Crippen molar-refractivity contribution in [1.82, 2.24) is 25.4 Å². The Bertz CT molecular complexity index is 1290. The summed E-state index contributed by atoms with van der Waals surface area (Å²) >= 11 is 0. The molecular weight excluding hydrogens is 422 g/mol. The van der Waals surface area contributed by atoms with Crippen molar-refractivity contribution in [2.75, 3.05) is 6.61 Å². The number of esters is 1. The van der Waals surface area contributed by atoms with Crippen molar-refractivity contribution in [3.05, 3.63) is 95.7 Å². The molecule has 166 valence electrons. The van der Waals surface area contributed by atoms with Crippen LogP contribution in [-0.2, 0) is 11.3 Å². The third kappa shape index (κ3) is 4.72. The fourth-order valence-electron chi connectivity index (χ4n) is 3.40. The lowest BCUT2D eigenvalue weighted by atomic mass is 10.1. The highest BCUT2D eigenvalue weighted by Gasteiger charge is 2.25. The molecular formula is C24H21N5O4. The third-order valence-electron chi connectivity index (χ3n) is 4.96. The zero-order valence-electron chi connectivity index (χ0n) is 17.8. The lowest BCUT2D eigenvalue weighted by Gasteiger charge is -2.24. The summed E-state index contributed by atoms with van der Waals surface area (Å²) < 4.78 is 5.20.